The van der Waals surface area contributed by atoms with Gasteiger partial charge in [-0.3, -0.25) is 4.79 Å². The highest BCUT2D eigenvalue weighted by molar-refractivity contribution is 9.09. The molecule has 0 spiro atoms. The van der Waals surface area contributed by atoms with Gasteiger partial charge in [0.05, 0.1) is 12.1 Å². The Labute approximate surface area is 106 Å². The number of rotatable bonds is 5. The average Bonchev–Trinajstić information content (AvgIpc) is 2.29. The summed E-state index contributed by atoms with van der Waals surface area (Å²) in [6.45, 7) is 0. The van der Waals surface area contributed by atoms with E-state index in [0.717, 1.165) is 43.9 Å². The number of nitrogens with zero attached hydrogens (tertiary/aromatic N) is 1. The molecule has 0 aromatic heterocycles. The summed E-state index contributed by atoms with van der Waals surface area (Å²) < 4.78 is 0. The molecule has 0 aliphatic heterocycles. The van der Waals surface area contributed by atoms with Gasteiger partial charge in [-0.1, -0.05) is 28.8 Å². The molecule has 0 bridgehead atoms. The van der Waals surface area contributed by atoms with E-state index < -0.39 is 0 Å². The molecule has 1 aliphatic carbocycles. The number of likely N-dealkylation sites (N-methyl/N-ethyl adjacent to an activating group) is 1. The molecule has 2 atom stereocenters. The largest absolute Gasteiger partial charge is 0.391 e. The van der Waals surface area contributed by atoms with Crippen molar-refractivity contribution < 1.29 is 9.90 Å². The third kappa shape index (κ3) is 4.06. The van der Waals surface area contributed by atoms with Crippen molar-refractivity contribution in [2.75, 3.05) is 12.4 Å². The van der Waals surface area contributed by atoms with Crippen LogP contribution < -0.4 is 0 Å². The smallest absolute Gasteiger partial charge is 0.222 e. The van der Waals surface area contributed by atoms with Gasteiger partial charge in [0.15, 0.2) is 0 Å². The van der Waals surface area contributed by atoms with Gasteiger partial charge >= 0.3 is 0 Å². The Morgan fingerprint density at radius 1 is 1.38 bits per heavy atom. The Morgan fingerprint density at radius 2 is 2.06 bits per heavy atom. The van der Waals surface area contributed by atoms with Crippen LogP contribution >= 0.6 is 15.9 Å². The molecule has 1 N–H and O–H groups in total. The van der Waals surface area contributed by atoms with Crippen LogP contribution in [0.25, 0.3) is 0 Å². The van der Waals surface area contributed by atoms with E-state index in [2.05, 4.69) is 15.9 Å². The van der Waals surface area contributed by atoms with Crippen LogP contribution in [0.15, 0.2) is 0 Å². The third-order valence-electron chi connectivity index (χ3n) is 3.36. The zero-order valence-electron chi connectivity index (χ0n) is 9.99. The van der Waals surface area contributed by atoms with E-state index in [-0.39, 0.29) is 18.1 Å². The standard InChI is InChI=1S/C12H22BrNO2/c1-14(12(16)8-4-5-9-13)10-6-2-3-7-11(10)15/h10-11,15H,2-9H2,1H3. The molecule has 0 saturated heterocycles. The van der Waals surface area contributed by atoms with Crippen molar-refractivity contribution in [1.29, 1.82) is 0 Å². The number of carbonyl (C=O) groups is 1. The molecule has 94 valence electrons. The van der Waals surface area contributed by atoms with Crippen molar-refractivity contribution in [1.82, 2.24) is 4.90 Å². The zero-order valence-corrected chi connectivity index (χ0v) is 11.6. The number of hydrogen-bond donors (Lipinski definition) is 1. The number of aliphatic hydroxyl groups is 1. The summed E-state index contributed by atoms with van der Waals surface area (Å²) in [6, 6.07) is 0.0465. The van der Waals surface area contributed by atoms with Crippen molar-refractivity contribution in [3.05, 3.63) is 0 Å². The van der Waals surface area contributed by atoms with Crippen LogP contribution in [0.4, 0.5) is 0 Å². The Kier molecular flexibility index (Phi) is 6.36. The maximum Gasteiger partial charge on any atom is 0.222 e. The maximum absolute atomic E-state index is 11.9. The summed E-state index contributed by atoms with van der Waals surface area (Å²) in [5.74, 6) is 0.173. The van der Waals surface area contributed by atoms with Gasteiger partial charge < -0.3 is 10.0 Å². The number of aliphatic hydroxyl groups excluding tert-OH is 1. The highest BCUT2D eigenvalue weighted by Gasteiger charge is 2.28. The summed E-state index contributed by atoms with van der Waals surface area (Å²) >= 11 is 3.36. The molecular formula is C12H22BrNO2. The molecule has 1 amide bonds. The summed E-state index contributed by atoms with van der Waals surface area (Å²) in [5.41, 5.74) is 0. The molecule has 3 nitrogen and oxygen atoms in total. The Hall–Kier alpha value is -0.0900. The molecular weight excluding hydrogens is 270 g/mol. The van der Waals surface area contributed by atoms with Crippen molar-refractivity contribution >= 4 is 21.8 Å². The van der Waals surface area contributed by atoms with Gasteiger partial charge in [-0.2, -0.15) is 0 Å². The van der Waals surface area contributed by atoms with Crippen LogP contribution in [0.5, 0.6) is 0 Å². The van der Waals surface area contributed by atoms with Crippen molar-refractivity contribution in [2.45, 2.75) is 57.1 Å². The van der Waals surface area contributed by atoms with Crippen molar-refractivity contribution in [3.8, 4) is 0 Å². The molecule has 1 rings (SSSR count). The molecule has 1 saturated carbocycles. The summed E-state index contributed by atoms with van der Waals surface area (Å²) in [5, 5.41) is 10.8. The van der Waals surface area contributed by atoms with Gasteiger partial charge in [-0.15, -0.1) is 0 Å². The Morgan fingerprint density at radius 3 is 2.69 bits per heavy atom. The van der Waals surface area contributed by atoms with Gasteiger partial charge in [0.2, 0.25) is 5.91 Å². The minimum absolute atomic E-state index is 0.0465. The number of hydrogen-bond acceptors (Lipinski definition) is 2. The molecule has 0 aromatic rings. The highest BCUT2D eigenvalue weighted by Crippen LogP contribution is 2.23. The first kappa shape index (κ1) is 14.0. The minimum Gasteiger partial charge on any atom is -0.391 e. The normalized spacial score (nSPS) is 25.4. The van der Waals surface area contributed by atoms with Crippen LogP contribution in [0.2, 0.25) is 0 Å². The monoisotopic (exact) mass is 291 g/mol. The molecule has 4 heteroatoms. The van der Waals surface area contributed by atoms with Crippen LogP contribution in [0, 0.1) is 0 Å². The van der Waals surface area contributed by atoms with Gasteiger partial charge in [0, 0.05) is 18.8 Å². The zero-order chi connectivity index (χ0) is 12.0. The summed E-state index contributed by atoms with van der Waals surface area (Å²) in [7, 11) is 1.83. The predicted molar refractivity (Wildman–Crippen MR) is 68.7 cm³/mol. The second-order valence-corrected chi connectivity index (χ2v) is 5.36. The lowest BCUT2D eigenvalue weighted by Gasteiger charge is -2.35. The van der Waals surface area contributed by atoms with Crippen molar-refractivity contribution in [3.63, 3.8) is 0 Å². The summed E-state index contributed by atoms with van der Waals surface area (Å²) in [6.07, 6.45) is 6.24. The highest BCUT2D eigenvalue weighted by atomic mass is 79.9. The molecule has 2 unspecified atom stereocenters. The lowest BCUT2D eigenvalue weighted by Crippen LogP contribution is -2.46. The number of carbonyl (C=O) groups excluding carboxylic acids is 1. The number of unbranched alkanes of at least 4 members (excludes halogenated alkanes) is 1. The fraction of sp³-hybridized carbons (Fsp3) is 0.917. The van der Waals surface area contributed by atoms with Gasteiger partial charge in [-0.05, 0) is 25.7 Å². The lowest BCUT2D eigenvalue weighted by molar-refractivity contribution is -0.135. The SMILES string of the molecule is CN(C(=O)CCCCBr)C1CCCCC1O. The van der Waals surface area contributed by atoms with Crippen LogP contribution in [-0.2, 0) is 4.79 Å². The van der Waals surface area contributed by atoms with E-state index in [4.69, 9.17) is 0 Å². The van der Waals surface area contributed by atoms with E-state index in [1.807, 2.05) is 7.05 Å². The number of amides is 1. The molecule has 0 heterocycles. The molecule has 0 aromatic carbocycles. The number of halogens is 1. The summed E-state index contributed by atoms with van der Waals surface area (Å²) in [4.78, 5) is 13.6. The van der Waals surface area contributed by atoms with Crippen LogP contribution in [-0.4, -0.2) is 40.4 Å². The Balaban J connectivity index is 2.36. The van der Waals surface area contributed by atoms with Gasteiger partial charge in [0.1, 0.15) is 0 Å². The molecule has 1 aliphatic rings. The van der Waals surface area contributed by atoms with Gasteiger partial charge in [0.25, 0.3) is 0 Å². The first-order chi connectivity index (χ1) is 7.66. The second kappa shape index (κ2) is 7.28. The van der Waals surface area contributed by atoms with E-state index in [0.29, 0.717) is 6.42 Å². The lowest BCUT2D eigenvalue weighted by atomic mass is 9.91. The van der Waals surface area contributed by atoms with E-state index in [9.17, 15) is 9.90 Å². The first-order valence-electron chi connectivity index (χ1n) is 6.16. The van der Waals surface area contributed by atoms with Crippen molar-refractivity contribution in [2.24, 2.45) is 0 Å². The van der Waals surface area contributed by atoms with E-state index in [1.54, 1.807) is 4.90 Å². The fourth-order valence-corrected chi connectivity index (χ4v) is 2.67. The Bertz CT molecular complexity index is 223. The van der Waals surface area contributed by atoms with Crippen LogP contribution in [0.1, 0.15) is 44.9 Å². The second-order valence-electron chi connectivity index (χ2n) is 4.57. The molecule has 16 heavy (non-hydrogen) atoms. The molecule has 0 radical (unpaired) electrons. The fourth-order valence-electron chi connectivity index (χ4n) is 2.28. The quantitative estimate of drug-likeness (QED) is 0.624. The minimum atomic E-state index is -0.320. The predicted octanol–water partition coefficient (Wildman–Crippen LogP) is 2.31. The maximum atomic E-state index is 11.9. The first-order valence-corrected chi connectivity index (χ1v) is 7.28. The average molecular weight is 292 g/mol. The third-order valence-corrected chi connectivity index (χ3v) is 3.92. The molecule has 1 fully saturated rings. The number of alkyl halides is 1. The van der Waals surface area contributed by atoms with E-state index >= 15 is 0 Å². The van der Waals surface area contributed by atoms with E-state index in [1.165, 1.54) is 0 Å². The van der Waals surface area contributed by atoms with Gasteiger partial charge in [-0.25, -0.2) is 0 Å². The topological polar surface area (TPSA) is 40.5 Å². The van der Waals surface area contributed by atoms with Crippen LogP contribution in [0.3, 0.4) is 0 Å².